The molecule has 0 aliphatic carbocycles. The molecule has 172 valence electrons. The van der Waals surface area contributed by atoms with Gasteiger partial charge >= 0.3 is 24.0 Å². The van der Waals surface area contributed by atoms with Gasteiger partial charge in [0.25, 0.3) is 0 Å². The molecule has 29 heavy (non-hydrogen) atoms. The lowest BCUT2D eigenvalue weighted by Crippen LogP contribution is -2.48. The van der Waals surface area contributed by atoms with Crippen molar-refractivity contribution in [2.75, 3.05) is 6.61 Å². The van der Waals surface area contributed by atoms with E-state index in [9.17, 15) is 31.5 Å². The van der Waals surface area contributed by atoms with Crippen LogP contribution in [0.15, 0.2) is 0 Å². The van der Waals surface area contributed by atoms with Gasteiger partial charge in [-0.05, 0) is 37.5 Å². The monoisotopic (exact) mass is 432 g/mol. The third-order valence-corrected chi connectivity index (χ3v) is 6.04. The number of alkyl halides is 5. The number of hydrogen-bond donors (Lipinski definition) is 0. The number of ether oxygens (including phenoxy) is 2. The van der Waals surface area contributed by atoms with Crippen molar-refractivity contribution in [3.63, 3.8) is 0 Å². The first kappa shape index (κ1) is 27.6. The van der Waals surface area contributed by atoms with E-state index in [-0.39, 0.29) is 5.41 Å². The average Bonchev–Trinajstić information content (AvgIpc) is 2.57. The number of carbonyl (C=O) groups is 2. The Morgan fingerprint density at radius 2 is 1.38 bits per heavy atom. The summed E-state index contributed by atoms with van der Waals surface area (Å²) in [6.07, 6.45) is -5.63. The minimum absolute atomic E-state index is 0.223. The van der Waals surface area contributed by atoms with E-state index in [0.717, 1.165) is 13.3 Å². The maximum atomic E-state index is 13.0. The fourth-order valence-corrected chi connectivity index (χ4v) is 2.76. The molecule has 0 bridgehead atoms. The van der Waals surface area contributed by atoms with Gasteiger partial charge in [0.1, 0.15) is 0 Å². The standard InChI is InChI=1S/C20H33F5O4/c1-9-16(4,5)11-18(8,17(6,7)10-2)15(27)29-13(3)14(26)28-12-19(21,22)20(23,24)25/h13H,9-12H2,1-8H3. The molecule has 4 nitrogen and oxygen atoms in total. The minimum Gasteiger partial charge on any atom is -0.456 e. The number of hydrogen-bond acceptors (Lipinski definition) is 4. The molecule has 0 N–H and O–H groups in total. The average molecular weight is 432 g/mol. The van der Waals surface area contributed by atoms with E-state index in [1.165, 1.54) is 0 Å². The third kappa shape index (κ3) is 6.81. The van der Waals surface area contributed by atoms with Crippen LogP contribution >= 0.6 is 0 Å². The highest BCUT2D eigenvalue weighted by molar-refractivity contribution is 5.82. The smallest absolute Gasteiger partial charge is 0.456 e. The molecule has 0 aliphatic rings. The van der Waals surface area contributed by atoms with Crippen molar-refractivity contribution < 1.29 is 41.0 Å². The molecule has 0 amide bonds. The first-order valence-electron chi connectivity index (χ1n) is 9.58. The van der Waals surface area contributed by atoms with Crippen LogP contribution in [0, 0.1) is 16.2 Å². The van der Waals surface area contributed by atoms with Crippen molar-refractivity contribution in [3.05, 3.63) is 0 Å². The maximum Gasteiger partial charge on any atom is 0.456 e. The lowest BCUT2D eigenvalue weighted by Gasteiger charge is -2.46. The van der Waals surface area contributed by atoms with Gasteiger partial charge in [0, 0.05) is 0 Å². The predicted molar refractivity (Wildman–Crippen MR) is 98.4 cm³/mol. The molecule has 0 radical (unpaired) electrons. The van der Waals surface area contributed by atoms with Gasteiger partial charge in [-0.1, -0.05) is 48.0 Å². The van der Waals surface area contributed by atoms with Crippen LogP contribution in [0.1, 0.15) is 74.7 Å². The first-order valence-corrected chi connectivity index (χ1v) is 9.58. The minimum atomic E-state index is -5.84. The van der Waals surface area contributed by atoms with Gasteiger partial charge in [0.05, 0.1) is 5.41 Å². The molecule has 0 heterocycles. The summed E-state index contributed by atoms with van der Waals surface area (Å²) >= 11 is 0. The van der Waals surface area contributed by atoms with E-state index >= 15 is 0 Å². The zero-order valence-corrected chi connectivity index (χ0v) is 18.4. The number of halogens is 5. The van der Waals surface area contributed by atoms with Crippen molar-refractivity contribution in [3.8, 4) is 0 Å². The van der Waals surface area contributed by atoms with Crippen LogP contribution in [0.4, 0.5) is 22.0 Å². The van der Waals surface area contributed by atoms with Gasteiger partial charge in [-0.25, -0.2) is 4.79 Å². The first-order chi connectivity index (χ1) is 12.8. The molecule has 0 aromatic carbocycles. The normalized spacial score (nSPS) is 16.7. The Hall–Kier alpha value is -1.41. The van der Waals surface area contributed by atoms with E-state index in [1.807, 2.05) is 41.5 Å². The van der Waals surface area contributed by atoms with Crippen LogP contribution in [0.25, 0.3) is 0 Å². The fourth-order valence-electron chi connectivity index (χ4n) is 2.76. The lowest BCUT2D eigenvalue weighted by atomic mass is 9.58. The van der Waals surface area contributed by atoms with Gasteiger partial charge in [0.2, 0.25) is 0 Å². The summed E-state index contributed by atoms with van der Waals surface area (Å²) in [7, 11) is 0. The van der Waals surface area contributed by atoms with Crippen LogP contribution in [-0.4, -0.2) is 36.7 Å². The van der Waals surface area contributed by atoms with Crippen molar-refractivity contribution in [1.82, 2.24) is 0 Å². The second kappa shape index (κ2) is 9.16. The van der Waals surface area contributed by atoms with Crippen LogP contribution in [0.2, 0.25) is 0 Å². The highest BCUT2D eigenvalue weighted by atomic mass is 19.4. The van der Waals surface area contributed by atoms with E-state index in [0.29, 0.717) is 12.8 Å². The van der Waals surface area contributed by atoms with E-state index in [4.69, 9.17) is 4.74 Å². The van der Waals surface area contributed by atoms with Crippen LogP contribution in [0.5, 0.6) is 0 Å². The molecule has 0 saturated heterocycles. The topological polar surface area (TPSA) is 52.6 Å². The third-order valence-electron chi connectivity index (χ3n) is 6.04. The Kier molecular flexibility index (Phi) is 8.72. The molecule has 0 saturated carbocycles. The largest absolute Gasteiger partial charge is 0.456 e. The summed E-state index contributed by atoms with van der Waals surface area (Å²) in [6.45, 7) is 12.2. The van der Waals surface area contributed by atoms with Gasteiger partial charge in [-0.3, -0.25) is 4.79 Å². The molecule has 0 aliphatic heterocycles. The molecule has 0 aromatic rings. The molecule has 0 rings (SSSR count). The number of esters is 2. The summed E-state index contributed by atoms with van der Waals surface area (Å²) in [5.41, 5.74) is -1.77. The summed E-state index contributed by atoms with van der Waals surface area (Å²) in [6, 6.07) is 0. The summed E-state index contributed by atoms with van der Waals surface area (Å²) in [5.74, 6) is -7.37. The Balaban J connectivity index is 5.38. The molecule has 0 spiro atoms. The van der Waals surface area contributed by atoms with Crippen molar-refractivity contribution in [2.45, 2.75) is 92.9 Å². The van der Waals surface area contributed by atoms with Crippen LogP contribution < -0.4 is 0 Å². The van der Waals surface area contributed by atoms with Crippen LogP contribution in [0.3, 0.4) is 0 Å². The highest BCUT2D eigenvalue weighted by Gasteiger charge is 2.58. The Labute approximate surface area is 169 Å². The van der Waals surface area contributed by atoms with Gasteiger partial charge in [-0.15, -0.1) is 0 Å². The second-order valence-electron chi connectivity index (χ2n) is 9.12. The molecular weight excluding hydrogens is 399 g/mol. The summed E-state index contributed by atoms with van der Waals surface area (Å²) in [5, 5.41) is 0. The second-order valence-corrected chi connectivity index (χ2v) is 9.12. The van der Waals surface area contributed by atoms with Gasteiger partial charge in [0.15, 0.2) is 12.7 Å². The van der Waals surface area contributed by atoms with Crippen molar-refractivity contribution >= 4 is 11.9 Å². The Bertz CT molecular complexity index is 584. The number of carbonyl (C=O) groups excluding carboxylic acids is 2. The van der Waals surface area contributed by atoms with Crippen molar-refractivity contribution in [2.24, 2.45) is 16.2 Å². The van der Waals surface area contributed by atoms with Gasteiger partial charge < -0.3 is 9.47 Å². The fraction of sp³-hybridized carbons (Fsp3) is 0.900. The van der Waals surface area contributed by atoms with E-state index < -0.39 is 47.6 Å². The van der Waals surface area contributed by atoms with Crippen LogP contribution in [-0.2, 0) is 19.1 Å². The molecule has 0 fully saturated rings. The molecule has 0 aromatic heterocycles. The van der Waals surface area contributed by atoms with E-state index in [2.05, 4.69) is 4.74 Å². The zero-order chi connectivity index (χ0) is 23.5. The molecular formula is C20H33F5O4. The molecule has 2 atom stereocenters. The molecule has 2 unspecified atom stereocenters. The summed E-state index contributed by atoms with van der Waals surface area (Å²) in [4.78, 5) is 24.8. The summed E-state index contributed by atoms with van der Waals surface area (Å²) < 4.78 is 71.6. The number of rotatable bonds is 10. The molecule has 9 heteroatoms. The predicted octanol–water partition coefficient (Wildman–Crippen LogP) is 5.93. The highest BCUT2D eigenvalue weighted by Crippen LogP contribution is 2.50. The van der Waals surface area contributed by atoms with Gasteiger partial charge in [-0.2, -0.15) is 22.0 Å². The Morgan fingerprint density at radius 1 is 0.897 bits per heavy atom. The quantitative estimate of drug-likeness (QED) is 0.317. The lowest BCUT2D eigenvalue weighted by molar-refractivity contribution is -0.294. The SMILES string of the molecule is CCC(C)(C)CC(C)(C(=O)OC(C)C(=O)OCC(F)(F)C(F)(F)F)C(C)(C)CC. The maximum absolute atomic E-state index is 13.0. The Morgan fingerprint density at radius 3 is 1.76 bits per heavy atom. The van der Waals surface area contributed by atoms with Crippen molar-refractivity contribution in [1.29, 1.82) is 0 Å². The van der Waals surface area contributed by atoms with E-state index in [1.54, 1.807) is 6.92 Å². The zero-order valence-electron chi connectivity index (χ0n) is 18.4.